The average Bonchev–Trinajstić information content (AvgIpc) is 2.37. The van der Waals surface area contributed by atoms with Gasteiger partial charge >= 0.3 is 0 Å². The van der Waals surface area contributed by atoms with E-state index in [0.717, 1.165) is 19.3 Å². The quantitative estimate of drug-likeness (QED) is 0.725. The van der Waals surface area contributed by atoms with Crippen molar-refractivity contribution in [2.24, 2.45) is 0 Å². The van der Waals surface area contributed by atoms with Gasteiger partial charge in [0.15, 0.2) is 5.79 Å². The predicted octanol–water partition coefficient (Wildman–Crippen LogP) is 3.07. The molecular weight excluding hydrogens is 204 g/mol. The van der Waals surface area contributed by atoms with E-state index in [1.807, 2.05) is 6.92 Å². The highest BCUT2D eigenvalue weighted by Gasteiger charge is 2.47. The van der Waals surface area contributed by atoms with E-state index in [-0.39, 0.29) is 17.5 Å². The standard InChI is InChI=1S/C13H24O3/c1-6-13(5)15-11(12(3,4)16-13)9-7-8-10(2)14/h11H,6-9H2,1-5H3. The van der Waals surface area contributed by atoms with Crippen molar-refractivity contribution < 1.29 is 14.3 Å². The molecule has 0 saturated carbocycles. The monoisotopic (exact) mass is 228 g/mol. The lowest BCUT2D eigenvalue weighted by molar-refractivity contribution is -0.173. The largest absolute Gasteiger partial charge is 0.344 e. The Bertz CT molecular complexity index is 260. The minimum absolute atomic E-state index is 0.0943. The number of carbonyl (C=O) groups excluding carboxylic acids is 1. The van der Waals surface area contributed by atoms with E-state index in [9.17, 15) is 4.79 Å². The Morgan fingerprint density at radius 3 is 2.38 bits per heavy atom. The summed E-state index contributed by atoms with van der Waals surface area (Å²) < 4.78 is 11.9. The molecule has 0 aliphatic carbocycles. The highest BCUT2D eigenvalue weighted by molar-refractivity contribution is 5.75. The second kappa shape index (κ2) is 4.84. The van der Waals surface area contributed by atoms with Gasteiger partial charge in [-0.1, -0.05) is 6.92 Å². The van der Waals surface area contributed by atoms with E-state index >= 15 is 0 Å². The summed E-state index contributed by atoms with van der Waals surface area (Å²) in [6.07, 6.45) is 3.35. The number of ether oxygens (including phenoxy) is 2. The maximum Gasteiger partial charge on any atom is 0.166 e. The van der Waals surface area contributed by atoms with Crippen LogP contribution in [0.2, 0.25) is 0 Å². The molecule has 1 aliphatic rings. The summed E-state index contributed by atoms with van der Waals surface area (Å²) in [6, 6.07) is 0. The van der Waals surface area contributed by atoms with E-state index in [2.05, 4.69) is 20.8 Å². The molecule has 2 atom stereocenters. The summed E-state index contributed by atoms with van der Waals surface area (Å²) in [5, 5.41) is 0. The van der Waals surface area contributed by atoms with E-state index < -0.39 is 5.79 Å². The minimum Gasteiger partial charge on any atom is -0.344 e. The minimum atomic E-state index is -0.454. The molecule has 2 unspecified atom stereocenters. The maximum atomic E-state index is 10.9. The molecular formula is C13H24O3. The Morgan fingerprint density at radius 1 is 1.31 bits per heavy atom. The second-order valence-electron chi connectivity index (χ2n) is 5.39. The van der Waals surface area contributed by atoms with Crippen molar-refractivity contribution >= 4 is 5.78 Å². The van der Waals surface area contributed by atoms with E-state index in [1.54, 1.807) is 6.92 Å². The fraction of sp³-hybridized carbons (Fsp3) is 0.923. The third kappa shape index (κ3) is 3.29. The molecule has 94 valence electrons. The van der Waals surface area contributed by atoms with Crippen LogP contribution in [0.25, 0.3) is 0 Å². The van der Waals surface area contributed by atoms with Crippen LogP contribution in [-0.2, 0) is 14.3 Å². The van der Waals surface area contributed by atoms with Crippen molar-refractivity contribution in [3.8, 4) is 0 Å². The van der Waals surface area contributed by atoms with Crippen molar-refractivity contribution in [3.05, 3.63) is 0 Å². The maximum absolute atomic E-state index is 10.9. The molecule has 1 heterocycles. The van der Waals surface area contributed by atoms with Gasteiger partial charge in [0.2, 0.25) is 0 Å². The molecule has 0 amide bonds. The number of ketones is 1. The Morgan fingerprint density at radius 2 is 1.94 bits per heavy atom. The van der Waals surface area contributed by atoms with Gasteiger partial charge in [-0.15, -0.1) is 0 Å². The van der Waals surface area contributed by atoms with Crippen LogP contribution in [0.4, 0.5) is 0 Å². The van der Waals surface area contributed by atoms with Gasteiger partial charge in [-0.25, -0.2) is 0 Å². The zero-order valence-electron chi connectivity index (χ0n) is 11.1. The zero-order valence-corrected chi connectivity index (χ0v) is 11.1. The van der Waals surface area contributed by atoms with Crippen molar-refractivity contribution in [1.82, 2.24) is 0 Å². The number of Topliss-reactive ketones (excluding diaryl/α,β-unsaturated/α-hetero) is 1. The van der Waals surface area contributed by atoms with Gasteiger partial charge in [0, 0.05) is 6.42 Å². The first kappa shape index (κ1) is 13.7. The topological polar surface area (TPSA) is 35.5 Å². The zero-order chi connectivity index (χ0) is 12.4. The number of rotatable bonds is 5. The summed E-state index contributed by atoms with van der Waals surface area (Å²) in [7, 11) is 0. The van der Waals surface area contributed by atoms with Crippen LogP contribution < -0.4 is 0 Å². The van der Waals surface area contributed by atoms with Crippen LogP contribution in [0.3, 0.4) is 0 Å². The van der Waals surface area contributed by atoms with Gasteiger partial charge in [-0.2, -0.15) is 0 Å². The first-order valence-electron chi connectivity index (χ1n) is 6.16. The summed E-state index contributed by atoms with van der Waals surface area (Å²) in [5.74, 6) is -0.209. The molecule has 0 aromatic rings. The molecule has 3 heteroatoms. The summed E-state index contributed by atoms with van der Waals surface area (Å²) in [4.78, 5) is 10.9. The normalized spacial score (nSPS) is 32.9. The van der Waals surface area contributed by atoms with Gasteiger partial charge in [0.05, 0.1) is 11.7 Å². The number of hydrogen-bond donors (Lipinski definition) is 0. The average molecular weight is 228 g/mol. The molecule has 1 rings (SSSR count). The Hall–Kier alpha value is -0.410. The van der Waals surface area contributed by atoms with Gasteiger partial charge in [0.1, 0.15) is 5.78 Å². The fourth-order valence-electron chi connectivity index (χ4n) is 2.19. The van der Waals surface area contributed by atoms with Crippen LogP contribution in [0.1, 0.15) is 60.3 Å². The summed E-state index contributed by atoms with van der Waals surface area (Å²) >= 11 is 0. The Balaban J connectivity index is 2.50. The van der Waals surface area contributed by atoms with E-state index in [4.69, 9.17) is 9.47 Å². The van der Waals surface area contributed by atoms with Gasteiger partial charge < -0.3 is 14.3 Å². The number of carbonyl (C=O) groups is 1. The third-order valence-corrected chi connectivity index (χ3v) is 3.28. The highest BCUT2D eigenvalue weighted by Crippen LogP contribution is 2.40. The summed E-state index contributed by atoms with van der Waals surface area (Å²) in [5.41, 5.74) is -0.248. The number of hydrogen-bond acceptors (Lipinski definition) is 3. The molecule has 3 nitrogen and oxygen atoms in total. The Kier molecular flexibility index (Phi) is 4.13. The molecule has 0 radical (unpaired) electrons. The first-order chi connectivity index (χ1) is 7.29. The SMILES string of the molecule is CCC1(C)OC(CCCC(C)=O)C(C)(C)O1. The second-order valence-corrected chi connectivity index (χ2v) is 5.39. The van der Waals surface area contributed by atoms with E-state index in [0.29, 0.717) is 6.42 Å². The lowest BCUT2D eigenvalue weighted by Gasteiger charge is -2.24. The first-order valence-corrected chi connectivity index (χ1v) is 6.16. The smallest absolute Gasteiger partial charge is 0.166 e. The van der Waals surface area contributed by atoms with Crippen molar-refractivity contribution in [2.75, 3.05) is 0 Å². The molecule has 0 aromatic heterocycles. The molecule has 1 saturated heterocycles. The summed E-state index contributed by atoms with van der Waals surface area (Å²) in [6.45, 7) is 9.81. The molecule has 1 fully saturated rings. The van der Waals surface area contributed by atoms with Crippen LogP contribution in [0.15, 0.2) is 0 Å². The van der Waals surface area contributed by atoms with Gasteiger partial charge in [-0.3, -0.25) is 0 Å². The highest BCUT2D eigenvalue weighted by atomic mass is 16.8. The van der Waals surface area contributed by atoms with Crippen LogP contribution >= 0.6 is 0 Å². The van der Waals surface area contributed by atoms with Crippen LogP contribution in [0.5, 0.6) is 0 Å². The van der Waals surface area contributed by atoms with Crippen LogP contribution in [-0.4, -0.2) is 23.3 Å². The van der Waals surface area contributed by atoms with Gasteiger partial charge in [-0.05, 0) is 47.0 Å². The van der Waals surface area contributed by atoms with Crippen molar-refractivity contribution in [3.63, 3.8) is 0 Å². The predicted molar refractivity (Wildman–Crippen MR) is 63.3 cm³/mol. The lowest BCUT2D eigenvalue weighted by Crippen LogP contribution is -2.33. The van der Waals surface area contributed by atoms with Gasteiger partial charge in [0.25, 0.3) is 0 Å². The molecule has 1 aliphatic heterocycles. The molecule has 16 heavy (non-hydrogen) atoms. The van der Waals surface area contributed by atoms with E-state index in [1.165, 1.54) is 0 Å². The Labute approximate surface area is 98.5 Å². The molecule has 0 bridgehead atoms. The molecule has 0 aromatic carbocycles. The van der Waals surface area contributed by atoms with Crippen molar-refractivity contribution in [2.45, 2.75) is 77.8 Å². The molecule has 0 N–H and O–H groups in total. The fourth-order valence-corrected chi connectivity index (χ4v) is 2.19. The lowest BCUT2D eigenvalue weighted by atomic mass is 9.96. The van der Waals surface area contributed by atoms with Crippen LogP contribution in [0, 0.1) is 0 Å². The molecule has 0 spiro atoms. The van der Waals surface area contributed by atoms with Crippen molar-refractivity contribution in [1.29, 1.82) is 0 Å². The third-order valence-electron chi connectivity index (χ3n) is 3.28.